The van der Waals surface area contributed by atoms with Crippen LogP contribution in [0.15, 0.2) is 170 Å². The summed E-state index contributed by atoms with van der Waals surface area (Å²) in [6.07, 6.45) is 0. The summed E-state index contributed by atoms with van der Waals surface area (Å²) in [7, 11) is -1.42. The van der Waals surface area contributed by atoms with Gasteiger partial charge in [-0.3, -0.25) is 0 Å². The lowest BCUT2D eigenvalue weighted by atomic mass is 10.0. The first-order valence-corrected chi connectivity index (χ1v) is 20.7. The predicted octanol–water partition coefficient (Wildman–Crippen LogP) is 13.8. The van der Waals surface area contributed by atoms with Crippen LogP contribution in [0.4, 0.5) is 0 Å². The fourth-order valence-electron chi connectivity index (χ4n) is 6.31. The molecule has 50 heavy (non-hydrogen) atoms. The van der Waals surface area contributed by atoms with E-state index < -0.39 is 10.8 Å². The second-order valence-corrected chi connectivity index (χ2v) is 17.5. The van der Waals surface area contributed by atoms with E-state index in [0.29, 0.717) is 0 Å². The topological polar surface area (TPSA) is 17.1 Å². The van der Waals surface area contributed by atoms with Crippen molar-refractivity contribution in [3.63, 3.8) is 0 Å². The lowest BCUT2D eigenvalue weighted by Gasteiger charge is -2.08. The van der Waals surface area contributed by atoms with Crippen LogP contribution in [0.25, 0.3) is 62.7 Å². The van der Waals surface area contributed by atoms with Gasteiger partial charge in [-0.05, 0) is 70.8 Å². The van der Waals surface area contributed by atoms with E-state index in [0.717, 1.165) is 40.5 Å². The molecule has 0 saturated heterocycles. The van der Waals surface area contributed by atoms with Crippen molar-refractivity contribution in [2.45, 2.75) is 0 Å². The Morgan fingerprint density at radius 3 is 0.820 bits per heavy atom. The molecule has 6 heteroatoms. The van der Waals surface area contributed by atoms with Crippen LogP contribution in [-0.2, 0) is 10.8 Å². The van der Waals surface area contributed by atoms with Gasteiger partial charge in [0.05, 0.1) is 20.6 Å². The third-order valence-electron chi connectivity index (χ3n) is 8.67. The van der Waals surface area contributed by atoms with Gasteiger partial charge >= 0.3 is 0 Å². The SMILES string of the molecule is O=S1C(c2ccc(-c3ccccc3)s2)=C(c2ccc(-c3ccccc3)s2)C(c2ccc(-c3ccccc3)s2)=C1c1ccc(-c2ccccc2)s1. The highest BCUT2D eigenvalue weighted by atomic mass is 32.2. The molecule has 9 rings (SSSR count). The van der Waals surface area contributed by atoms with Crippen LogP contribution in [0.5, 0.6) is 0 Å². The molecule has 0 atom stereocenters. The maximum absolute atomic E-state index is 15.3. The second-order valence-electron chi connectivity index (χ2n) is 11.8. The molecule has 1 aliphatic heterocycles. The third kappa shape index (κ3) is 5.83. The molecule has 5 heterocycles. The molecule has 0 N–H and O–H groups in total. The van der Waals surface area contributed by atoms with Gasteiger partial charge in [-0.15, -0.1) is 45.3 Å². The molecule has 0 bridgehead atoms. The molecule has 4 aromatic heterocycles. The zero-order valence-corrected chi connectivity index (χ0v) is 30.7. The Kier molecular flexibility index (Phi) is 8.49. The van der Waals surface area contributed by atoms with Gasteiger partial charge in [0, 0.05) is 50.2 Å². The summed E-state index contributed by atoms with van der Waals surface area (Å²) in [4.78, 5) is 10.9. The van der Waals surface area contributed by atoms with Gasteiger partial charge in [0.2, 0.25) is 0 Å². The fraction of sp³-hybridized carbons (Fsp3) is 0. The summed E-state index contributed by atoms with van der Waals surface area (Å²) in [6, 6.07) is 59.6. The summed E-state index contributed by atoms with van der Waals surface area (Å²) in [5.74, 6) is 0. The highest BCUT2D eigenvalue weighted by molar-refractivity contribution is 8.05. The maximum atomic E-state index is 15.3. The molecule has 0 aliphatic carbocycles. The number of thiophene rings is 4. The molecule has 0 unspecified atom stereocenters. The molecular weight excluding hydrogens is 705 g/mol. The third-order valence-corrected chi connectivity index (χ3v) is 15.1. The van der Waals surface area contributed by atoms with E-state index in [9.17, 15) is 0 Å². The molecule has 0 saturated carbocycles. The molecule has 8 aromatic rings. The average Bonchev–Trinajstić information content (AvgIpc) is 4.03. The zero-order chi connectivity index (χ0) is 33.4. The van der Waals surface area contributed by atoms with E-state index in [1.165, 1.54) is 41.8 Å². The molecule has 1 nitrogen and oxygen atoms in total. The fourth-order valence-corrected chi connectivity index (χ4v) is 12.7. The standard InChI is InChI=1S/C44H28OS5/c45-50-43(39-27-23-35(48-39)31-17-9-3-10-18-31)41(37-25-21-33(46-37)29-13-5-1-6-14-29)42(38-26-22-34(47-38)30-15-7-2-8-16-30)44(50)40-28-24-36(49-40)32-19-11-4-12-20-32/h1-28H. The van der Waals surface area contributed by atoms with Crippen molar-refractivity contribution in [1.82, 2.24) is 0 Å². The molecule has 1 aliphatic rings. The Hall–Kier alpha value is -4.69. The van der Waals surface area contributed by atoms with E-state index in [2.05, 4.69) is 158 Å². The molecule has 0 fully saturated rings. The van der Waals surface area contributed by atoms with Crippen LogP contribution in [0.2, 0.25) is 0 Å². The first kappa shape index (κ1) is 31.3. The minimum absolute atomic E-state index is 0.896. The quantitative estimate of drug-likeness (QED) is 0.152. The molecule has 4 aromatic carbocycles. The largest absolute Gasteiger partial charge is 0.249 e. The second kappa shape index (κ2) is 13.6. The Labute approximate surface area is 310 Å². The Bertz CT molecular complexity index is 2350. The molecule has 0 amide bonds. The molecule has 0 radical (unpaired) electrons. The summed E-state index contributed by atoms with van der Waals surface area (Å²) >= 11 is 6.99. The van der Waals surface area contributed by atoms with Crippen molar-refractivity contribution < 1.29 is 4.21 Å². The number of hydrogen-bond acceptors (Lipinski definition) is 5. The predicted molar refractivity (Wildman–Crippen MR) is 221 cm³/mol. The van der Waals surface area contributed by atoms with Crippen LogP contribution in [0, 0.1) is 0 Å². The summed E-state index contributed by atoms with van der Waals surface area (Å²) in [5.41, 5.74) is 6.85. The van der Waals surface area contributed by atoms with Crippen molar-refractivity contribution in [2.24, 2.45) is 0 Å². The highest BCUT2D eigenvalue weighted by Gasteiger charge is 2.37. The van der Waals surface area contributed by atoms with Gasteiger partial charge in [0.15, 0.2) is 0 Å². The van der Waals surface area contributed by atoms with Crippen molar-refractivity contribution in [2.75, 3.05) is 0 Å². The van der Waals surface area contributed by atoms with Crippen LogP contribution in [-0.4, -0.2) is 4.21 Å². The number of hydrogen-bond donors (Lipinski definition) is 0. The lowest BCUT2D eigenvalue weighted by molar-refractivity contribution is 0.694. The Morgan fingerprint density at radius 2 is 0.520 bits per heavy atom. The van der Waals surface area contributed by atoms with Crippen LogP contribution >= 0.6 is 45.3 Å². The van der Waals surface area contributed by atoms with Crippen molar-refractivity contribution in [1.29, 1.82) is 0 Å². The Balaban J connectivity index is 1.28. The van der Waals surface area contributed by atoms with Gasteiger partial charge < -0.3 is 0 Å². The minimum Gasteiger partial charge on any atom is -0.249 e. The van der Waals surface area contributed by atoms with Crippen molar-refractivity contribution in [3.8, 4) is 41.8 Å². The van der Waals surface area contributed by atoms with Gasteiger partial charge in [-0.1, -0.05) is 121 Å². The number of rotatable bonds is 8. The van der Waals surface area contributed by atoms with Crippen LogP contribution in [0.1, 0.15) is 19.5 Å². The molecule has 0 spiro atoms. The lowest BCUT2D eigenvalue weighted by Crippen LogP contribution is -1.91. The van der Waals surface area contributed by atoms with E-state index in [1.54, 1.807) is 45.3 Å². The van der Waals surface area contributed by atoms with Crippen LogP contribution < -0.4 is 0 Å². The highest BCUT2D eigenvalue weighted by Crippen LogP contribution is 2.57. The van der Waals surface area contributed by atoms with Crippen molar-refractivity contribution >= 4 is 77.1 Å². The maximum Gasteiger partial charge on any atom is 0.0892 e. The first-order valence-electron chi connectivity index (χ1n) is 16.2. The summed E-state index contributed by atoms with van der Waals surface area (Å²) in [6.45, 7) is 0. The normalized spacial score (nSPS) is 13.4. The number of allylic oxidation sites excluding steroid dienone is 2. The van der Waals surface area contributed by atoms with E-state index in [-0.39, 0.29) is 0 Å². The zero-order valence-electron chi connectivity index (χ0n) is 26.6. The van der Waals surface area contributed by atoms with E-state index in [1.807, 2.05) is 12.1 Å². The smallest absolute Gasteiger partial charge is 0.0892 e. The molecular formula is C44H28OS5. The average molecular weight is 733 g/mol. The molecule has 240 valence electrons. The minimum atomic E-state index is -1.42. The van der Waals surface area contributed by atoms with Gasteiger partial charge in [0.1, 0.15) is 0 Å². The number of benzene rings is 4. The summed E-state index contributed by atoms with van der Waals surface area (Å²) < 4.78 is 15.3. The van der Waals surface area contributed by atoms with Gasteiger partial charge in [-0.2, -0.15) is 0 Å². The monoisotopic (exact) mass is 732 g/mol. The van der Waals surface area contributed by atoms with Gasteiger partial charge in [-0.25, -0.2) is 4.21 Å². The summed E-state index contributed by atoms with van der Waals surface area (Å²) in [5, 5.41) is 0. The van der Waals surface area contributed by atoms with Crippen LogP contribution in [0.3, 0.4) is 0 Å². The van der Waals surface area contributed by atoms with E-state index in [4.69, 9.17) is 0 Å². The van der Waals surface area contributed by atoms with Gasteiger partial charge in [0.25, 0.3) is 0 Å². The Morgan fingerprint density at radius 1 is 0.280 bits per heavy atom. The van der Waals surface area contributed by atoms with E-state index >= 15 is 4.21 Å². The van der Waals surface area contributed by atoms with Crippen molar-refractivity contribution in [3.05, 3.63) is 189 Å². The first-order chi connectivity index (χ1) is 24.7.